The van der Waals surface area contributed by atoms with E-state index in [0.29, 0.717) is 6.04 Å². The number of hydrogen-bond donors (Lipinski definition) is 1. The van der Waals surface area contributed by atoms with Gasteiger partial charge in [-0.3, -0.25) is 0 Å². The van der Waals surface area contributed by atoms with Crippen molar-refractivity contribution in [3.8, 4) is 6.07 Å². The topological polar surface area (TPSA) is 35.8 Å². The summed E-state index contributed by atoms with van der Waals surface area (Å²) in [6, 6.07) is 8.90. The summed E-state index contributed by atoms with van der Waals surface area (Å²) in [4.78, 5) is 1.06. The highest BCUT2D eigenvalue weighted by molar-refractivity contribution is 7.98. The van der Waals surface area contributed by atoms with E-state index < -0.39 is 0 Å². The zero-order chi connectivity index (χ0) is 12.3. The van der Waals surface area contributed by atoms with Crippen LogP contribution in [0.4, 0.5) is 5.69 Å². The molecule has 1 aromatic rings. The highest BCUT2D eigenvalue weighted by atomic mass is 32.2. The predicted molar refractivity (Wildman–Crippen MR) is 73.4 cm³/mol. The number of thioether (sulfide) groups is 1. The van der Waals surface area contributed by atoms with Crippen LogP contribution in [0, 0.1) is 17.2 Å². The van der Waals surface area contributed by atoms with Gasteiger partial charge < -0.3 is 5.32 Å². The molecule has 90 valence electrons. The van der Waals surface area contributed by atoms with Gasteiger partial charge in [0.2, 0.25) is 0 Å². The van der Waals surface area contributed by atoms with Gasteiger partial charge in [0.05, 0.1) is 11.3 Å². The molecular formula is C14H18N2S. The molecule has 0 aromatic heterocycles. The Kier molecular flexibility index (Phi) is 3.96. The van der Waals surface area contributed by atoms with Gasteiger partial charge in [0, 0.05) is 10.9 Å². The Morgan fingerprint density at radius 3 is 2.82 bits per heavy atom. The molecule has 0 bridgehead atoms. The van der Waals surface area contributed by atoms with Crippen molar-refractivity contribution < 1.29 is 0 Å². The second-order valence-corrected chi connectivity index (χ2v) is 5.60. The van der Waals surface area contributed by atoms with E-state index in [1.807, 2.05) is 24.5 Å². The van der Waals surface area contributed by atoms with E-state index >= 15 is 0 Å². The van der Waals surface area contributed by atoms with Crippen LogP contribution in [-0.4, -0.2) is 12.3 Å². The van der Waals surface area contributed by atoms with Crippen LogP contribution in [0.3, 0.4) is 0 Å². The molecule has 1 aliphatic carbocycles. The molecule has 0 aliphatic heterocycles. The van der Waals surface area contributed by atoms with Gasteiger partial charge in [-0.25, -0.2) is 0 Å². The minimum absolute atomic E-state index is 0.536. The summed E-state index contributed by atoms with van der Waals surface area (Å²) in [5, 5.41) is 12.8. The third-order valence-electron chi connectivity index (χ3n) is 3.41. The van der Waals surface area contributed by atoms with Crippen molar-refractivity contribution in [1.82, 2.24) is 0 Å². The standard InChI is InChI=1S/C14H18N2S/c1-10-6-7-11(8-10)16-13-4-3-5-14(17-2)12(13)9-15/h3-5,10-11,16H,6-8H2,1-2H3. The molecule has 2 unspecified atom stereocenters. The Hall–Kier alpha value is -1.14. The first kappa shape index (κ1) is 12.3. The number of anilines is 1. The molecule has 2 atom stereocenters. The van der Waals surface area contributed by atoms with Gasteiger partial charge >= 0.3 is 0 Å². The van der Waals surface area contributed by atoms with Crippen molar-refractivity contribution in [3.05, 3.63) is 23.8 Å². The molecule has 0 amide bonds. The van der Waals surface area contributed by atoms with Crippen LogP contribution in [0.1, 0.15) is 31.7 Å². The number of benzene rings is 1. The Bertz CT molecular complexity index is 436. The fraction of sp³-hybridized carbons (Fsp3) is 0.500. The predicted octanol–water partition coefficient (Wildman–Crippen LogP) is 3.88. The second-order valence-electron chi connectivity index (χ2n) is 4.75. The molecule has 0 spiro atoms. The van der Waals surface area contributed by atoms with Crippen molar-refractivity contribution >= 4 is 17.4 Å². The smallest absolute Gasteiger partial charge is 0.102 e. The van der Waals surface area contributed by atoms with Gasteiger partial charge in [-0.15, -0.1) is 11.8 Å². The average Bonchev–Trinajstić information content (AvgIpc) is 2.74. The third-order valence-corrected chi connectivity index (χ3v) is 4.19. The van der Waals surface area contributed by atoms with E-state index in [1.165, 1.54) is 19.3 Å². The van der Waals surface area contributed by atoms with Crippen LogP contribution in [0.5, 0.6) is 0 Å². The van der Waals surface area contributed by atoms with Gasteiger partial charge in [-0.2, -0.15) is 5.26 Å². The summed E-state index contributed by atoms with van der Waals surface area (Å²) in [7, 11) is 0. The lowest BCUT2D eigenvalue weighted by atomic mass is 10.1. The first-order valence-electron chi connectivity index (χ1n) is 6.08. The first-order chi connectivity index (χ1) is 8.24. The summed E-state index contributed by atoms with van der Waals surface area (Å²) in [6.45, 7) is 2.30. The number of nitrogens with zero attached hydrogens (tertiary/aromatic N) is 1. The van der Waals surface area contributed by atoms with Crippen LogP contribution in [-0.2, 0) is 0 Å². The SMILES string of the molecule is CSc1cccc(NC2CCC(C)C2)c1C#N. The molecule has 1 saturated carbocycles. The van der Waals surface area contributed by atoms with E-state index in [0.717, 1.165) is 22.1 Å². The Labute approximate surface area is 107 Å². The molecule has 1 aliphatic rings. The molecular weight excluding hydrogens is 228 g/mol. The molecule has 2 nitrogen and oxygen atoms in total. The summed E-state index contributed by atoms with van der Waals surface area (Å²) < 4.78 is 0. The van der Waals surface area contributed by atoms with Crippen molar-refractivity contribution in [1.29, 1.82) is 5.26 Å². The van der Waals surface area contributed by atoms with Gasteiger partial charge in [-0.1, -0.05) is 13.0 Å². The van der Waals surface area contributed by atoms with Crippen molar-refractivity contribution in [3.63, 3.8) is 0 Å². The van der Waals surface area contributed by atoms with E-state index in [4.69, 9.17) is 0 Å². The molecule has 2 rings (SSSR count). The van der Waals surface area contributed by atoms with E-state index in [9.17, 15) is 5.26 Å². The Balaban J connectivity index is 2.18. The number of hydrogen-bond acceptors (Lipinski definition) is 3. The third kappa shape index (κ3) is 2.76. The van der Waals surface area contributed by atoms with E-state index in [-0.39, 0.29) is 0 Å². The van der Waals surface area contributed by atoms with Crippen molar-refractivity contribution in [2.75, 3.05) is 11.6 Å². The molecule has 3 heteroatoms. The van der Waals surface area contributed by atoms with Gasteiger partial charge in [-0.05, 0) is 43.6 Å². The maximum Gasteiger partial charge on any atom is 0.102 e. The normalized spacial score (nSPS) is 23.4. The zero-order valence-electron chi connectivity index (χ0n) is 10.4. The maximum atomic E-state index is 9.25. The lowest BCUT2D eigenvalue weighted by Gasteiger charge is -2.16. The summed E-state index contributed by atoms with van der Waals surface area (Å²) in [5.41, 5.74) is 1.79. The lowest BCUT2D eigenvalue weighted by molar-refractivity contribution is 0.602. The van der Waals surface area contributed by atoms with Crippen LogP contribution >= 0.6 is 11.8 Å². The molecule has 0 saturated heterocycles. The highest BCUT2D eigenvalue weighted by Crippen LogP contribution is 2.31. The van der Waals surface area contributed by atoms with E-state index in [1.54, 1.807) is 11.8 Å². The molecule has 1 fully saturated rings. The van der Waals surface area contributed by atoms with Crippen LogP contribution < -0.4 is 5.32 Å². The number of nitrogens with one attached hydrogen (secondary N) is 1. The Morgan fingerprint density at radius 1 is 1.41 bits per heavy atom. The summed E-state index contributed by atoms with van der Waals surface area (Å²) in [6.07, 6.45) is 5.74. The molecule has 17 heavy (non-hydrogen) atoms. The molecule has 0 radical (unpaired) electrons. The fourth-order valence-electron chi connectivity index (χ4n) is 2.49. The molecule has 0 heterocycles. The average molecular weight is 246 g/mol. The van der Waals surface area contributed by atoms with Gasteiger partial charge in [0.25, 0.3) is 0 Å². The van der Waals surface area contributed by atoms with Crippen molar-refractivity contribution in [2.45, 2.75) is 37.1 Å². The fourth-order valence-corrected chi connectivity index (χ4v) is 3.07. The molecule has 1 N–H and O–H groups in total. The zero-order valence-corrected chi connectivity index (χ0v) is 11.2. The van der Waals surface area contributed by atoms with E-state index in [2.05, 4.69) is 18.3 Å². The number of nitriles is 1. The Morgan fingerprint density at radius 2 is 2.24 bits per heavy atom. The largest absolute Gasteiger partial charge is 0.381 e. The number of rotatable bonds is 3. The maximum absolute atomic E-state index is 9.25. The minimum Gasteiger partial charge on any atom is -0.381 e. The van der Waals surface area contributed by atoms with Crippen LogP contribution in [0.15, 0.2) is 23.1 Å². The summed E-state index contributed by atoms with van der Waals surface area (Å²) >= 11 is 1.63. The van der Waals surface area contributed by atoms with Gasteiger partial charge in [0.15, 0.2) is 0 Å². The monoisotopic (exact) mass is 246 g/mol. The quantitative estimate of drug-likeness (QED) is 0.822. The van der Waals surface area contributed by atoms with Crippen molar-refractivity contribution in [2.24, 2.45) is 5.92 Å². The minimum atomic E-state index is 0.536. The first-order valence-corrected chi connectivity index (χ1v) is 7.30. The van der Waals surface area contributed by atoms with Crippen LogP contribution in [0.2, 0.25) is 0 Å². The molecule has 1 aromatic carbocycles. The van der Waals surface area contributed by atoms with Crippen LogP contribution in [0.25, 0.3) is 0 Å². The second kappa shape index (κ2) is 5.46. The lowest BCUT2D eigenvalue weighted by Crippen LogP contribution is -2.16. The van der Waals surface area contributed by atoms with Gasteiger partial charge in [0.1, 0.15) is 6.07 Å². The summed E-state index contributed by atoms with van der Waals surface area (Å²) in [5.74, 6) is 0.807. The highest BCUT2D eigenvalue weighted by Gasteiger charge is 2.22.